The van der Waals surface area contributed by atoms with E-state index in [1.165, 1.54) is 0 Å². The largest absolute Gasteiger partial charge is 0.376 e. The molecule has 1 saturated carbocycles. The second-order valence-corrected chi connectivity index (χ2v) is 8.23. The number of carbonyl (C=O) groups excluding carboxylic acids is 1. The maximum absolute atomic E-state index is 12.7. The predicted molar refractivity (Wildman–Crippen MR) is 111 cm³/mol. The first kappa shape index (κ1) is 19.0. The van der Waals surface area contributed by atoms with E-state index in [2.05, 4.69) is 20.4 Å². The molecule has 1 fully saturated rings. The number of H-pyrrole nitrogens is 1. The number of hydrogen-bond acceptors (Lipinski definition) is 5. The third kappa shape index (κ3) is 3.63. The summed E-state index contributed by atoms with van der Waals surface area (Å²) in [5, 5.41) is 7.77. The molecule has 0 atom stereocenters. The molecule has 2 aromatic heterocycles. The number of fused-ring (bicyclic) bond motifs is 2. The average Bonchev–Trinajstić information content (AvgIpc) is 3.13. The van der Waals surface area contributed by atoms with Crippen molar-refractivity contribution in [3.63, 3.8) is 0 Å². The highest BCUT2D eigenvalue weighted by atomic mass is 16.5. The molecule has 8 heteroatoms. The molecule has 30 heavy (non-hydrogen) atoms. The van der Waals surface area contributed by atoms with Gasteiger partial charge in [0.15, 0.2) is 0 Å². The van der Waals surface area contributed by atoms with Crippen molar-refractivity contribution >= 4 is 16.9 Å². The first-order chi connectivity index (χ1) is 14.6. The van der Waals surface area contributed by atoms with Gasteiger partial charge < -0.3 is 15.0 Å². The Kier molecular flexibility index (Phi) is 4.86. The Labute approximate surface area is 173 Å². The lowest BCUT2D eigenvalue weighted by Gasteiger charge is -2.30. The van der Waals surface area contributed by atoms with Crippen LogP contribution in [0.3, 0.4) is 0 Å². The van der Waals surface area contributed by atoms with E-state index in [0.29, 0.717) is 18.8 Å². The summed E-state index contributed by atoms with van der Waals surface area (Å²) in [7, 11) is 0. The van der Waals surface area contributed by atoms with Crippen molar-refractivity contribution in [2.24, 2.45) is 0 Å². The van der Waals surface area contributed by atoms with Gasteiger partial charge in [-0.05, 0) is 50.8 Å². The van der Waals surface area contributed by atoms with E-state index < -0.39 is 0 Å². The Morgan fingerprint density at radius 2 is 2.07 bits per heavy atom. The van der Waals surface area contributed by atoms with E-state index in [1.54, 1.807) is 10.7 Å². The fourth-order valence-corrected chi connectivity index (χ4v) is 4.50. The van der Waals surface area contributed by atoms with E-state index in [9.17, 15) is 9.59 Å². The number of ether oxygens (including phenoxy) is 1. The number of carbonyl (C=O) groups is 1. The number of aromatic amines is 1. The van der Waals surface area contributed by atoms with Crippen LogP contribution in [-0.4, -0.2) is 38.3 Å². The SMILES string of the molecule is Cc1nc2ccc(C(=O)NC3CCC(n4nc5c(cc4=O)COCC5)CC3)cc2[nH]1. The van der Waals surface area contributed by atoms with Crippen molar-refractivity contribution < 1.29 is 9.53 Å². The minimum absolute atomic E-state index is 0.0603. The molecule has 1 aromatic carbocycles. The maximum atomic E-state index is 12.7. The maximum Gasteiger partial charge on any atom is 0.267 e. The molecule has 5 rings (SSSR count). The summed E-state index contributed by atoms with van der Waals surface area (Å²) in [5.74, 6) is 0.760. The van der Waals surface area contributed by atoms with Crippen molar-refractivity contribution in [1.82, 2.24) is 25.1 Å². The van der Waals surface area contributed by atoms with Crippen molar-refractivity contribution in [2.45, 2.75) is 57.7 Å². The lowest BCUT2D eigenvalue weighted by molar-refractivity contribution is 0.0920. The highest BCUT2D eigenvalue weighted by Crippen LogP contribution is 2.28. The first-order valence-corrected chi connectivity index (χ1v) is 10.5. The van der Waals surface area contributed by atoms with Crippen molar-refractivity contribution in [1.29, 1.82) is 0 Å². The Hall–Kier alpha value is -3.00. The van der Waals surface area contributed by atoms with Gasteiger partial charge in [0, 0.05) is 29.7 Å². The van der Waals surface area contributed by atoms with Gasteiger partial charge in [0.25, 0.3) is 11.5 Å². The van der Waals surface area contributed by atoms with Crippen LogP contribution in [0.25, 0.3) is 11.0 Å². The molecule has 3 aromatic rings. The topological polar surface area (TPSA) is 102 Å². The number of aryl methyl sites for hydroxylation is 1. The van der Waals surface area contributed by atoms with E-state index in [0.717, 1.165) is 60.2 Å². The zero-order valence-electron chi connectivity index (χ0n) is 17.0. The first-order valence-electron chi connectivity index (χ1n) is 10.5. The Balaban J connectivity index is 1.23. The quantitative estimate of drug-likeness (QED) is 0.694. The minimum atomic E-state index is -0.0725. The molecular formula is C22H25N5O3. The Bertz CT molecular complexity index is 1160. The summed E-state index contributed by atoms with van der Waals surface area (Å²) >= 11 is 0. The Morgan fingerprint density at radius 1 is 1.23 bits per heavy atom. The molecule has 0 bridgehead atoms. The van der Waals surface area contributed by atoms with Gasteiger partial charge in [-0.25, -0.2) is 9.67 Å². The zero-order chi connectivity index (χ0) is 20.7. The fraction of sp³-hybridized carbons (Fsp3) is 0.455. The molecule has 1 aliphatic carbocycles. The molecule has 156 valence electrons. The van der Waals surface area contributed by atoms with Crippen LogP contribution in [0.2, 0.25) is 0 Å². The lowest BCUT2D eigenvalue weighted by atomic mass is 9.91. The fourth-order valence-electron chi connectivity index (χ4n) is 4.50. The van der Waals surface area contributed by atoms with Crippen molar-refractivity contribution in [3.8, 4) is 0 Å². The number of nitrogens with zero attached hydrogens (tertiary/aromatic N) is 3. The molecular weight excluding hydrogens is 382 g/mol. The highest BCUT2D eigenvalue weighted by Gasteiger charge is 2.26. The molecule has 1 amide bonds. The van der Waals surface area contributed by atoms with Crippen LogP contribution in [0.15, 0.2) is 29.1 Å². The monoisotopic (exact) mass is 407 g/mol. The van der Waals surface area contributed by atoms with Gasteiger partial charge in [0.05, 0.1) is 36.0 Å². The summed E-state index contributed by atoms with van der Waals surface area (Å²) in [6, 6.07) is 7.38. The van der Waals surface area contributed by atoms with Gasteiger partial charge in [0.1, 0.15) is 5.82 Å². The van der Waals surface area contributed by atoms with Crippen LogP contribution in [0.5, 0.6) is 0 Å². The van der Waals surface area contributed by atoms with Crippen LogP contribution in [-0.2, 0) is 17.8 Å². The predicted octanol–water partition coefficient (Wildman–Crippen LogP) is 2.41. The molecule has 2 aliphatic rings. The second-order valence-electron chi connectivity index (χ2n) is 8.23. The van der Waals surface area contributed by atoms with Gasteiger partial charge >= 0.3 is 0 Å². The lowest BCUT2D eigenvalue weighted by Crippen LogP contribution is -2.40. The van der Waals surface area contributed by atoms with E-state index in [4.69, 9.17) is 4.74 Å². The molecule has 0 saturated heterocycles. The van der Waals surface area contributed by atoms with Gasteiger partial charge in [-0.15, -0.1) is 0 Å². The number of rotatable bonds is 3. The van der Waals surface area contributed by atoms with E-state index in [-0.39, 0.29) is 23.6 Å². The zero-order valence-corrected chi connectivity index (χ0v) is 17.0. The summed E-state index contributed by atoms with van der Waals surface area (Å²) in [6.45, 7) is 3.02. The number of amides is 1. The smallest absolute Gasteiger partial charge is 0.267 e. The Morgan fingerprint density at radius 3 is 2.90 bits per heavy atom. The summed E-state index contributed by atoms with van der Waals surface area (Å²) in [6.07, 6.45) is 4.06. The molecule has 3 heterocycles. The number of imidazole rings is 1. The normalized spacial score (nSPS) is 21.4. The van der Waals surface area contributed by atoms with Crippen LogP contribution < -0.4 is 10.9 Å². The molecule has 8 nitrogen and oxygen atoms in total. The third-order valence-corrected chi connectivity index (χ3v) is 6.10. The summed E-state index contributed by atoms with van der Waals surface area (Å²) in [5.41, 5.74) is 4.18. The van der Waals surface area contributed by atoms with Crippen molar-refractivity contribution in [2.75, 3.05) is 6.61 Å². The summed E-state index contributed by atoms with van der Waals surface area (Å²) < 4.78 is 7.06. The van der Waals surface area contributed by atoms with Crippen LogP contribution in [0.4, 0.5) is 0 Å². The summed E-state index contributed by atoms with van der Waals surface area (Å²) in [4.78, 5) is 32.8. The standard InChI is InChI=1S/C22H25N5O3/c1-13-23-19-7-2-14(10-20(19)24-13)22(29)25-16-3-5-17(6-4-16)27-21(28)11-15-12-30-9-8-18(15)26-27/h2,7,10-11,16-17H,3-6,8-9,12H2,1H3,(H,23,24)(H,25,29). The number of nitrogens with one attached hydrogen (secondary N) is 2. The number of aromatic nitrogens is 4. The molecule has 0 spiro atoms. The van der Waals surface area contributed by atoms with Crippen LogP contribution >= 0.6 is 0 Å². The number of benzene rings is 1. The van der Waals surface area contributed by atoms with Gasteiger partial charge in [0.2, 0.25) is 0 Å². The second kappa shape index (κ2) is 7.68. The highest BCUT2D eigenvalue weighted by molar-refractivity contribution is 5.97. The third-order valence-electron chi connectivity index (χ3n) is 6.10. The van der Waals surface area contributed by atoms with Gasteiger partial charge in [-0.1, -0.05) is 0 Å². The molecule has 0 unspecified atom stereocenters. The van der Waals surface area contributed by atoms with Crippen LogP contribution in [0, 0.1) is 6.92 Å². The van der Waals surface area contributed by atoms with E-state index in [1.807, 2.05) is 25.1 Å². The van der Waals surface area contributed by atoms with Gasteiger partial charge in [-0.2, -0.15) is 5.10 Å². The minimum Gasteiger partial charge on any atom is -0.376 e. The van der Waals surface area contributed by atoms with Gasteiger partial charge in [-0.3, -0.25) is 9.59 Å². The van der Waals surface area contributed by atoms with Crippen LogP contribution in [0.1, 0.15) is 59.2 Å². The molecule has 0 radical (unpaired) electrons. The van der Waals surface area contributed by atoms with Crippen molar-refractivity contribution in [3.05, 3.63) is 57.3 Å². The molecule has 2 N–H and O–H groups in total. The average molecular weight is 407 g/mol. The van der Waals surface area contributed by atoms with E-state index >= 15 is 0 Å². The molecule has 1 aliphatic heterocycles. The number of hydrogen-bond donors (Lipinski definition) is 2.